The molecule has 0 spiro atoms. The molecule has 0 saturated heterocycles. The van der Waals surface area contributed by atoms with Gasteiger partial charge in [0.1, 0.15) is 7.28 Å². The number of fused-ring (bicyclic) bond motifs is 1. The molecule has 2 aromatic rings. The summed E-state index contributed by atoms with van der Waals surface area (Å²) in [5.74, 6) is 0. The van der Waals surface area contributed by atoms with Crippen LogP contribution >= 0.6 is 0 Å². The molecule has 0 bridgehead atoms. The van der Waals surface area contributed by atoms with Crippen LogP contribution in [0.25, 0.3) is 10.9 Å². The van der Waals surface area contributed by atoms with Crippen molar-refractivity contribution in [3.05, 3.63) is 36.5 Å². The molecule has 0 amide bonds. The van der Waals surface area contributed by atoms with Crippen LogP contribution in [0.2, 0.25) is 6.82 Å². The summed E-state index contributed by atoms with van der Waals surface area (Å²) in [6.45, 7) is 2.04. The second-order valence-corrected chi connectivity index (χ2v) is 2.71. The van der Waals surface area contributed by atoms with Gasteiger partial charge in [0.25, 0.3) is 0 Å². The second kappa shape index (κ2) is 4.88. The van der Waals surface area contributed by atoms with Gasteiger partial charge >= 0.3 is 0 Å². The molecule has 0 atom stereocenters. The fourth-order valence-corrected chi connectivity index (χ4v) is 1.37. The molecule has 0 saturated carbocycles. The van der Waals surface area contributed by atoms with Crippen molar-refractivity contribution in [3.8, 4) is 0 Å². The number of pyridine rings is 1. The number of benzene rings is 1. The van der Waals surface area contributed by atoms with E-state index in [0.717, 1.165) is 5.52 Å². The van der Waals surface area contributed by atoms with E-state index in [1.807, 2.05) is 37.3 Å². The van der Waals surface area contributed by atoms with E-state index in [0.29, 0.717) is 0 Å². The SMILES string of the molecule is C[B]c1ccnc2ccccc12.[Y]. The summed E-state index contributed by atoms with van der Waals surface area (Å²) in [5, 5.41) is 1.22. The van der Waals surface area contributed by atoms with Gasteiger partial charge in [-0.1, -0.05) is 30.5 Å². The van der Waals surface area contributed by atoms with Crippen LogP contribution in [-0.2, 0) is 32.7 Å². The Morgan fingerprint density at radius 3 is 2.69 bits per heavy atom. The Labute approximate surface area is 104 Å². The summed E-state index contributed by atoms with van der Waals surface area (Å²) < 4.78 is 0. The zero-order valence-corrected chi connectivity index (χ0v) is 10.4. The van der Waals surface area contributed by atoms with Crippen LogP contribution < -0.4 is 5.46 Å². The van der Waals surface area contributed by atoms with E-state index >= 15 is 0 Å². The smallest absolute Gasteiger partial charge is 0.149 e. The number of para-hydroxylation sites is 1. The van der Waals surface area contributed by atoms with Crippen molar-refractivity contribution in [2.45, 2.75) is 6.82 Å². The summed E-state index contributed by atoms with van der Waals surface area (Å²) in [6.07, 6.45) is 1.84. The first kappa shape index (κ1) is 10.9. The van der Waals surface area contributed by atoms with Gasteiger partial charge in [0.2, 0.25) is 0 Å². The average Bonchev–Trinajstić information content (AvgIpc) is 2.17. The molecular formula is C10H9BNY. The minimum absolute atomic E-state index is 0. The largest absolute Gasteiger partial charge is 0.256 e. The van der Waals surface area contributed by atoms with Crippen LogP contribution in [0.5, 0.6) is 0 Å². The van der Waals surface area contributed by atoms with E-state index in [4.69, 9.17) is 0 Å². The summed E-state index contributed by atoms with van der Waals surface area (Å²) in [6, 6.07) is 10.2. The summed E-state index contributed by atoms with van der Waals surface area (Å²) in [4.78, 5) is 4.27. The Morgan fingerprint density at radius 2 is 1.92 bits per heavy atom. The molecule has 3 heteroatoms. The molecule has 0 aliphatic rings. The number of hydrogen-bond acceptors (Lipinski definition) is 1. The van der Waals surface area contributed by atoms with E-state index < -0.39 is 0 Å². The van der Waals surface area contributed by atoms with Crippen molar-refractivity contribution in [1.29, 1.82) is 0 Å². The van der Waals surface area contributed by atoms with Gasteiger partial charge in [-0.15, -0.1) is 0 Å². The Balaban J connectivity index is 0.000000845. The summed E-state index contributed by atoms with van der Waals surface area (Å²) in [7, 11) is 2.10. The standard InChI is InChI=1S/C10H9BN.Y/c1-11-9-6-7-12-10-5-3-2-4-8(9)10;/h2-7H,1H3;. The van der Waals surface area contributed by atoms with Crippen LogP contribution in [0, 0.1) is 0 Å². The van der Waals surface area contributed by atoms with Gasteiger partial charge in [0, 0.05) is 38.9 Å². The fourth-order valence-electron chi connectivity index (χ4n) is 1.37. The van der Waals surface area contributed by atoms with E-state index in [2.05, 4.69) is 18.3 Å². The molecule has 1 aromatic heterocycles. The number of rotatable bonds is 1. The van der Waals surface area contributed by atoms with Crippen molar-refractivity contribution in [2.24, 2.45) is 0 Å². The van der Waals surface area contributed by atoms with Crippen LogP contribution in [-0.4, -0.2) is 12.3 Å². The molecule has 2 radical (unpaired) electrons. The van der Waals surface area contributed by atoms with E-state index in [1.54, 1.807) is 0 Å². The van der Waals surface area contributed by atoms with Gasteiger partial charge in [-0.25, -0.2) is 0 Å². The normalized spacial score (nSPS) is 9.31. The molecule has 1 heterocycles. The summed E-state index contributed by atoms with van der Waals surface area (Å²) >= 11 is 0. The maximum Gasteiger partial charge on any atom is 0.149 e. The van der Waals surface area contributed by atoms with Gasteiger partial charge in [-0.05, 0) is 17.5 Å². The molecule has 2 rings (SSSR count). The maximum atomic E-state index is 4.27. The Bertz CT molecular complexity index is 398. The molecule has 0 N–H and O–H groups in total. The maximum absolute atomic E-state index is 4.27. The van der Waals surface area contributed by atoms with Crippen molar-refractivity contribution in [1.82, 2.24) is 4.98 Å². The molecule has 0 aliphatic carbocycles. The molecule has 1 aromatic carbocycles. The number of hydrogen-bond donors (Lipinski definition) is 0. The molecule has 60 valence electrons. The predicted molar refractivity (Wildman–Crippen MR) is 53.0 cm³/mol. The predicted octanol–water partition coefficient (Wildman–Crippen LogP) is 1.61. The van der Waals surface area contributed by atoms with Crippen LogP contribution in [0.4, 0.5) is 0 Å². The minimum Gasteiger partial charge on any atom is -0.256 e. The molecular weight excluding hydrogens is 234 g/mol. The first-order valence-electron chi connectivity index (χ1n) is 4.05. The number of aromatic nitrogens is 1. The molecule has 13 heavy (non-hydrogen) atoms. The Kier molecular flexibility index (Phi) is 4.08. The van der Waals surface area contributed by atoms with Crippen LogP contribution in [0.3, 0.4) is 0 Å². The van der Waals surface area contributed by atoms with Crippen molar-refractivity contribution in [3.63, 3.8) is 0 Å². The topological polar surface area (TPSA) is 12.9 Å². The monoisotopic (exact) mass is 243 g/mol. The average molecular weight is 243 g/mol. The van der Waals surface area contributed by atoms with Gasteiger partial charge in [0.15, 0.2) is 0 Å². The second-order valence-electron chi connectivity index (χ2n) is 2.71. The third-order valence-electron chi connectivity index (χ3n) is 1.99. The minimum atomic E-state index is 0. The molecule has 0 unspecified atom stereocenters. The Hall–Kier alpha value is -0.201. The van der Waals surface area contributed by atoms with E-state index in [9.17, 15) is 0 Å². The third-order valence-corrected chi connectivity index (χ3v) is 1.99. The van der Waals surface area contributed by atoms with Crippen molar-refractivity contribution in [2.75, 3.05) is 0 Å². The molecule has 0 aliphatic heterocycles. The molecule has 1 nitrogen and oxygen atoms in total. The quantitative estimate of drug-likeness (QED) is 0.693. The van der Waals surface area contributed by atoms with Crippen molar-refractivity contribution >= 4 is 23.6 Å². The van der Waals surface area contributed by atoms with Gasteiger partial charge < -0.3 is 0 Å². The number of nitrogens with zero attached hydrogens (tertiary/aromatic N) is 1. The van der Waals surface area contributed by atoms with E-state index in [1.165, 1.54) is 10.8 Å². The fraction of sp³-hybridized carbons (Fsp3) is 0.100. The van der Waals surface area contributed by atoms with Crippen molar-refractivity contribution < 1.29 is 32.7 Å². The van der Waals surface area contributed by atoms with Crippen LogP contribution in [0.15, 0.2) is 36.5 Å². The third kappa shape index (κ3) is 2.18. The van der Waals surface area contributed by atoms with E-state index in [-0.39, 0.29) is 32.7 Å². The van der Waals surface area contributed by atoms with Gasteiger partial charge in [0.05, 0.1) is 5.52 Å². The van der Waals surface area contributed by atoms with Gasteiger partial charge in [-0.2, -0.15) is 0 Å². The summed E-state index contributed by atoms with van der Waals surface area (Å²) in [5.41, 5.74) is 2.31. The van der Waals surface area contributed by atoms with Gasteiger partial charge in [-0.3, -0.25) is 4.98 Å². The zero-order valence-electron chi connectivity index (χ0n) is 7.57. The zero-order chi connectivity index (χ0) is 8.39. The first-order chi connectivity index (χ1) is 5.92. The Morgan fingerprint density at radius 1 is 1.15 bits per heavy atom. The van der Waals surface area contributed by atoms with Crippen LogP contribution in [0.1, 0.15) is 0 Å². The molecule has 0 fully saturated rings. The first-order valence-corrected chi connectivity index (χ1v) is 4.05.